The van der Waals surface area contributed by atoms with Gasteiger partial charge in [0.05, 0.1) is 12.8 Å². The molecule has 0 radical (unpaired) electrons. The predicted octanol–water partition coefficient (Wildman–Crippen LogP) is 3.54. The summed E-state index contributed by atoms with van der Waals surface area (Å²) in [6, 6.07) is 13.5. The summed E-state index contributed by atoms with van der Waals surface area (Å²) in [5.41, 5.74) is 2.89. The molecule has 0 aliphatic carbocycles. The zero-order valence-electron chi connectivity index (χ0n) is 14.1. The second-order valence-electron chi connectivity index (χ2n) is 5.75. The van der Waals surface area contributed by atoms with Crippen molar-refractivity contribution in [3.8, 4) is 17.0 Å². The standard InChI is InChI=1S/C19H21N3O2/c1-4-13(2)20-19(23)17-18(14-8-10-15(24-3)11-9-14)22-12-6-5-7-16(22)21-17/h5-13H,4H2,1-3H3,(H,20,23)/t13-/m1/s1. The number of hydrogen-bond acceptors (Lipinski definition) is 3. The van der Waals surface area contributed by atoms with Gasteiger partial charge in [-0.1, -0.05) is 13.0 Å². The molecule has 0 bridgehead atoms. The SMILES string of the molecule is CC[C@@H](C)NC(=O)c1nc2ccccn2c1-c1ccc(OC)cc1. The smallest absolute Gasteiger partial charge is 0.272 e. The highest BCUT2D eigenvalue weighted by Crippen LogP contribution is 2.27. The van der Waals surface area contributed by atoms with Crippen LogP contribution in [0.1, 0.15) is 30.8 Å². The van der Waals surface area contributed by atoms with E-state index in [2.05, 4.69) is 10.3 Å². The lowest BCUT2D eigenvalue weighted by Gasteiger charge is -2.11. The first kappa shape index (κ1) is 16.1. The lowest BCUT2D eigenvalue weighted by molar-refractivity contribution is 0.0935. The summed E-state index contributed by atoms with van der Waals surface area (Å²) in [6.07, 6.45) is 2.79. The van der Waals surface area contributed by atoms with Gasteiger partial charge in [-0.2, -0.15) is 0 Å². The Labute approximate surface area is 141 Å². The Kier molecular flexibility index (Phi) is 4.51. The second kappa shape index (κ2) is 6.74. The Morgan fingerprint density at radius 1 is 1.25 bits per heavy atom. The number of benzene rings is 1. The van der Waals surface area contributed by atoms with Crippen LogP contribution in [0.4, 0.5) is 0 Å². The molecular weight excluding hydrogens is 302 g/mol. The Hall–Kier alpha value is -2.82. The maximum atomic E-state index is 12.7. The van der Waals surface area contributed by atoms with Crippen molar-refractivity contribution < 1.29 is 9.53 Å². The van der Waals surface area contributed by atoms with Crippen LogP contribution in [0.5, 0.6) is 5.75 Å². The molecule has 0 aliphatic heterocycles. The molecule has 2 aromatic heterocycles. The first-order valence-electron chi connectivity index (χ1n) is 8.06. The molecule has 0 unspecified atom stereocenters. The largest absolute Gasteiger partial charge is 0.497 e. The van der Waals surface area contributed by atoms with Gasteiger partial charge in [0.1, 0.15) is 11.4 Å². The van der Waals surface area contributed by atoms with Crippen LogP contribution in [0, 0.1) is 0 Å². The van der Waals surface area contributed by atoms with E-state index in [0.717, 1.165) is 29.1 Å². The summed E-state index contributed by atoms with van der Waals surface area (Å²) < 4.78 is 7.16. The van der Waals surface area contributed by atoms with Crippen LogP contribution in [0.15, 0.2) is 48.7 Å². The van der Waals surface area contributed by atoms with E-state index in [9.17, 15) is 4.79 Å². The van der Waals surface area contributed by atoms with Crippen LogP contribution < -0.4 is 10.1 Å². The number of carbonyl (C=O) groups excluding carboxylic acids is 1. The third kappa shape index (κ3) is 2.97. The molecule has 24 heavy (non-hydrogen) atoms. The van der Waals surface area contributed by atoms with Gasteiger partial charge in [-0.15, -0.1) is 0 Å². The molecule has 0 saturated heterocycles. The summed E-state index contributed by atoms with van der Waals surface area (Å²) in [6.45, 7) is 4.03. The lowest BCUT2D eigenvalue weighted by Crippen LogP contribution is -2.32. The van der Waals surface area contributed by atoms with E-state index in [1.54, 1.807) is 7.11 Å². The molecule has 3 rings (SSSR count). The molecule has 0 fully saturated rings. The van der Waals surface area contributed by atoms with Crippen LogP contribution >= 0.6 is 0 Å². The molecule has 0 aliphatic rings. The molecule has 3 aromatic rings. The zero-order chi connectivity index (χ0) is 17.1. The van der Waals surface area contributed by atoms with Crippen molar-refractivity contribution in [1.29, 1.82) is 0 Å². The fourth-order valence-electron chi connectivity index (χ4n) is 2.57. The van der Waals surface area contributed by atoms with Crippen LogP contribution in [0.2, 0.25) is 0 Å². The minimum atomic E-state index is -0.154. The van der Waals surface area contributed by atoms with Gasteiger partial charge in [-0.05, 0) is 49.7 Å². The van der Waals surface area contributed by atoms with E-state index in [1.807, 2.05) is 66.9 Å². The van der Waals surface area contributed by atoms with Crippen molar-refractivity contribution in [3.63, 3.8) is 0 Å². The Morgan fingerprint density at radius 2 is 2.00 bits per heavy atom. The highest BCUT2D eigenvalue weighted by atomic mass is 16.5. The zero-order valence-corrected chi connectivity index (χ0v) is 14.1. The molecule has 1 atom stereocenters. The Bertz CT molecular complexity index is 853. The fourth-order valence-corrected chi connectivity index (χ4v) is 2.57. The van der Waals surface area contributed by atoms with Crippen molar-refractivity contribution in [2.45, 2.75) is 26.3 Å². The Balaban J connectivity index is 2.12. The maximum Gasteiger partial charge on any atom is 0.272 e. The van der Waals surface area contributed by atoms with E-state index < -0.39 is 0 Å². The summed E-state index contributed by atoms with van der Waals surface area (Å²) in [5.74, 6) is 0.622. The van der Waals surface area contributed by atoms with Crippen LogP contribution in [-0.4, -0.2) is 28.4 Å². The van der Waals surface area contributed by atoms with Gasteiger partial charge in [0, 0.05) is 17.8 Å². The predicted molar refractivity (Wildman–Crippen MR) is 94.4 cm³/mol. The number of pyridine rings is 1. The molecule has 2 heterocycles. The van der Waals surface area contributed by atoms with E-state index >= 15 is 0 Å². The molecule has 0 saturated carbocycles. The summed E-state index contributed by atoms with van der Waals surface area (Å²) in [5, 5.41) is 3.00. The number of ether oxygens (including phenoxy) is 1. The van der Waals surface area contributed by atoms with Gasteiger partial charge in [-0.25, -0.2) is 4.98 Å². The van der Waals surface area contributed by atoms with E-state index in [4.69, 9.17) is 4.74 Å². The third-order valence-corrected chi connectivity index (χ3v) is 4.10. The number of amides is 1. The first-order chi connectivity index (χ1) is 11.6. The average Bonchev–Trinajstić information content (AvgIpc) is 3.01. The number of fused-ring (bicyclic) bond motifs is 1. The molecule has 1 amide bonds. The number of carbonyl (C=O) groups is 1. The molecule has 1 aromatic carbocycles. The van der Waals surface area contributed by atoms with Gasteiger partial charge in [0.15, 0.2) is 5.69 Å². The lowest BCUT2D eigenvalue weighted by atomic mass is 10.1. The van der Waals surface area contributed by atoms with E-state index in [0.29, 0.717) is 5.69 Å². The van der Waals surface area contributed by atoms with E-state index in [1.165, 1.54) is 0 Å². The summed E-state index contributed by atoms with van der Waals surface area (Å²) in [7, 11) is 1.63. The molecule has 124 valence electrons. The normalized spacial score (nSPS) is 12.1. The maximum absolute atomic E-state index is 12.7. The van der Waals surface area contributed by atoms with Crippen LogP contribution in [0.3, 0.4) is 0 Å². The summed E-state index contributed by atoms with van der Waals surface area (Å²) in [4.78, 5) is 17.2. The summed E-state index contributed by atoms with van der Waals surface area (Å²) >= 11 is 0. The quantitative estimate of drug-likeness (QED) is 0.781. The monoisotopic (exact) mass is 323 g/mol. The van der Waals surface area contributed by atoms with Crippen LogP contribution in [-0.2, 0) is 0 Å². The third-order valence-electron chi connectivity index (χ3n) is 4.10. The number of rotatable bonds is 5. The highest BCUT2D eigenvalue weighted by molar-refractivity contribution is 5.99. The number of hydrogen-bond donors (Lipinski definition) is 1. The first-order valence-corrected chi connectivity index (χ1v) is 8.06. The van der Waals surface area contributed by atoms with Crippen molar-refractivity contribution in [1.82, 2.24) is 14.7 Å². The topological polar surface area (TPSA) is 55.6 Å². The second-order valence-corrected chi connectivity index (χ2v) is 5.75. The molecular formula is C19H21N3O2. The van der Waals surface area contributed by atoms with Crippen molar-refractivity contribution in [3.05, 3.63) is 54.4 Å². The van der Waals surface area contributed by atoms with Crippen molar-refractivity contribution in [2.75, 3.05) is 7.11 Å². The number of methoxy groups -OCH3 is 1. The average molecular weight is 323 g/mol. The minimum absolute atomic E-state index is 0.103. The number of nitrogens with one attached hydrogen (secondary N) is 1. The molecule has 1 N–H and O–H groups in total. The van der Waals surface area contributed by atoms with Crippen molar-refractivity contribution >= 4 is 11.6 Å². The van der Waals surface area contributed by atoms with Gasteiger partial charge >= 0.3 is 0 Å². The Morgan fingerprint density at radius 3 is 2.67 bits per heavy atom. The van der Waals surface area contributed by atoms with Crippen LogP contribution in [0.25, 0.3) is 16.9 Å². The van der Waals surface area contributed by atoms with Gasteiger partial charge in [0.25, 0.3) is 5.91 Å². The number of imidazole rings is 1. The minimum Gasteiger partial charge on any atom is -0.497 e. The van der Waals surface area contributed by atoms with Gasteiger partial charge in [-0.3, -0.25) is 9.20 Å². The molecule has 5 heteroatoms. The van der Waals surface area contributed by atoms with Crippen molar-refractivity contribution in [2.24, 2.45) is 0 Å². The highest BCUT2D eigenvalue weighted by Gasteiger charge is 2.21. The molecule has 0 spiro atoms. The van der Waals surface area contributed by atoms with Gasteiger partial charge < -0.3 is 10.1 Å². The fraction of sp³-hybridized carbons (Fsp3) is 0.263. The van der Waals surface area contributed by atoms with Gasteiger partial charge in [0.2, 0.25) is 0 Å². The number of aromatic nitrogens is 2. The molecule has 5 nitrogen and oxygen atoms in total. The number of nitrogens with zero attached hydrogens (tertiary/aromatic N) is 2. The van der Waals surface area contributed by atoms with E-state index in [-0.39, 0.29) is 11.9 Å².